The average Bonchev–Trinajstić information content (AvgIpc) is 2.71. The van der Waals surface area contributed by atoms with Crippen molar-refractivity contribution in [3.05, 3.63) is 55.9 Å². The van der Waals surface area contributed by atoms with Gasteiger partial charge in [-0.15, -0.1) is 4.33 Å². The van der Waals surface area contributed by atoms with Gasteiger partial charge in [0, 0.05) is 11.5 Å². The maximum absolute atomic E-state index is 12.5. The fourth-order valence-corrected chi connectivity index (χ4v) is 4.49. The van der Waals surface area contributed by atoms with Gasteiger partial charge >= 0.3 is 11.6 Å². The summed E-state index contributed by atoms with van der Waals surface area (Å²) in [5, 5.41) is 11.6. The number of anilines is 1. The lowest BCUT2D eigenvalue weighted by molar-refractivity contribution is -0.432. The Bertz CT molecular complexity index is 1400. The van der Waals surface area contributed by atoms with Crippen LogP contribution in [-0.2, 0) is 30.7 Å². The van der Waals surface area contributed by atoms with Crippen LogP contribution in [0.1, 0.15) is 11.1 Å². The van der Waals surface area contributed by atoms with Gasteiger partial charge in [0.05, 0.1) is 49.6 Å². The predicted octanol–water partition coefficient (Wildman–Crippen LogP) is 3.81. The molecule has 15 heteroatoms. The molecule has 33 heavy (non-hydrogen) atoms. The van der Waals surface area contributed by atoms with Crippen molar-refractivity contribution >= 4 is 68.0 Å². The lowest BCUT2D eigenvalue weighted by Gasteiger charge is -2.12. The zero-order chi connectivity index (χ0) is 24.5. The molecular weight excluding hydrogens is 525 g/mol. The van der Waals surface area contributed by atoms with Gasteiger partial charge in [0.2, 0.25) is 0 Å². The molecule has 1 aromatic heterocycles. The Balaban J connectivity index is 1.94. The number of aryl methyl sites for hydroxylation is 1. The molecule has 2 aromatic carbocycles. The molecule has 4 N–H and O–H groups in total. The van der Waals surface area contributed by atoms with Crippen molar-refractivity contribution in [3.63, 3.8) is 0 Å². The van der Waals surface area contributed by atoms with E-state index < -0.39 is 33.0 Å². The van der Waals surface area contributed by atoms with E-state index in [4.69, 9.17) is 47.9 Å². The van der Waals surface area contributed by atoms with Gasteiger partial charge in [-0.05, 0) is 30.7 Å². The standard InChI is InChI=1S/C18H13Cl2NO10S2/c1-7-9-4-15(32-31-30-24)13(21)6-14(9)28-18(23)10(7)5-16(22)29-17-11(19)2-8(3-12(17)20)33(25,26)27/h2-4,6,24H,5,21H2,1H3,(H,25,26,27). The molecule has 0 bridgehead atoms. The van der Waals surface area contributed by atoms with Crippen molar-refractivity contribution in [1.82, 2.24) is 0 Å². The fourth-order valence-electron chi connectivity index (χ4n) is 2.84. The third-order valence-electron chi connectivity index (χ3n) is 4.38. The highest BCUT2D eigenvalue weighted by molar-refractivity contribution is 7.94. The highest BCUT2D eigenvalue weighted by Crippen LogP contribution is 2.36. The quantitative estimate of drug-likeness (QED) is 0.0580. The number of benzene rings is 2. The highest BCUT2D eigenvalue weighted by Gasteiger charge is 2.22. The van der Waals surface area contributed by atoms with Gasteiger partial charge < -0.3 is 14.9 Å². The first kappa shape index (κ1) is 25.3. The van der Waals surface area contributed by atoms with Crippen LogP contribution in [0.4, 0.5) is 5.69 Å². The van der Waals surface area contributed by atoms with Gasteiger partial charge in [-0.25, -0.2) is 10.1 Å². The summed E-state index contributed by atoms with van der Waals surface area (Å²) >= 11 is 12.5. The first-order chi connectivity index (χ1) is 15.4. The Hall–Kier alpha value is -2.36. The van der Waals surface area contributed by atoms with E-state index >= 15 is 0 Å². The summed E-state index contributed by atoms with van der Waals surface area (Å²) in [6.45, 7) is 1.57. The van der Waals surface area contributed by atoms with Crippen LogP contribution in [-0.4, -0.2) is 24.2 Å². The van der Waals surface area contributed by atoms with Crippen LogP contribution in [0.25, 0.3) is 11.0 Å². The fraction of sp³-hybridized carbons (Fsp3) is 0.111. The van der Waals surface area contributed by atoms with Crippen LogP contribution in [0.2, 0.25) is 10.0 Å². The number of nitrogens with two attached hydrogens (primary N) is 1. The van der Waals surface area contributed by atoms with Crippen LogP contribution < -0.4 is 16.1 Å². The van der Waals surface area contributed by atoms with E-state index in [2.05, 4.69) is 9.37 Å². The Morgan fingerprint density at radius 1 is 1.21 bits per heavy atom. The summed E-state index contributed by atoms with van der Waals surface area (Å²) in [5.41, 5.74) is 5.70. The molecule has 0 aliphatic heterocycles. The second kappa shape index (κ2) is 9.87. The summed E-state index contributed by atoms with van der Waals surface area (Å²) in [6.07, 6.45) is -0.542. The van der Waals surface area contributed by atoms with Crippen molar-refractivity contribution in [2.45, 2.75) is 23.1 Å². The zero-order valence-corrected chi connectivity index (χ0v) is 19.5. The summed E-state index contributed by atoms with van der Waals surface area (Å²) in [7, 11) is -4.59. The molecule has 0 fully saturated rings. The molecule has 3 rings (SSSR count). The number of rotatable bonds is 7. The Labute approximate surface area is 199 Å². The van der Waals surface area contributed by atoms with Crippen LogP contribution in [0.5, 0.6) is 5.75 Å². The largest absolute Gasteiger partial charge is 0.423 e. The lowest BCUT2D eigenvalue weighted by Crippen LogP contribution is -2.19. The molecule has 0 spiro atoms. The molecule has 0 saturated carbocycles. The highest BCUT2D eigenvalue weighted by atomic mass is 35.5. The maximum Gasteiger partial charge on any atom is 0.340 e. The van der Waals surface area contributed by atoms with Gasteiger partial charge in [-0.2, -0.15) is 8.42 Å². The van der Waals surface area contributed by atoms with Gasteiger partial charge in [0.15, 0.2) is 5.75 Å². The van der Waals surface area contributed by atoms with E-state index in [0.29, 0.717) is 27.9 Å². The molecular formula is C18H13Cl2NO10S2. The zero-order valence-electron chi connectivity index (χ0n) is 16.3. The van der Waals surface area contributed by atoms with Crippen LogP contribution in [0, 0.1) is 6.92 Å². The summed E-state index contributed by atoms with van der Waals surface area (Å²) in [6, 6.07) is 4.57. The first-order valence-corrected chi connectivity index (χ1v) is 11.5. The molecule has 0 atom stereocenters. The van der Waals surface area contributed by atoms with Gasteiger partial charge in [0.1, 0.15) is 5.58 Å². The third-order valence-corrected chi connectivity index (χ3v) is 6.43. The molecule has 3 aromatic rings. The van der Waals surface area contributed by atoms with E-state index in [1.165, 1.54) is 12.1 Å². The Morgan fingerprint density at radius 3 is 2.42 bits per heavy atom. The van der Waals surface area contributed by atoms with Crippen LogP contribution in [0.15, 0.2) is 43.3 Å². The number of hydrogen-bond donors (Lipinski definition) is 3. The predicted molar refractivity (Wildman–Crippen MR) is 118 cm³/mol. The number of fused-ring (bicyclic) bond motifs is 1. The summed E-state index contributed by atoms with van der Waals surface area (Å²) in [4.78, 5) is 24.7. The van der Waals surface area contributed by atoms with Crippen molar-refractivity contribution in [2.75, 3.05) is 5.73 Å². The van der Waals surface area contributed by atoms with Crippen LogP contribution in [0.3, 0.4) is 0 Å². The minimum absolute atomic E-state index is 0.0330. The first-order valence-electron chi connectivity index (χ1n) is 8.60. The molecule has 176 valence electrons. The molecule has 0 saturated heterocycles. The number of ether oxygens (including phenoxy) is 1. The smallest absolute Gasteiger partial charge is 0.340 e. The van der Waals surface area contributed by atoms with Crippen molar-refractivity contribution < 1.29 is 41.5 Å². The number of carbonyl (C=O) groups excluding carboxylic acids is 1. The maximum atomic E-state index is 12.5. The van der Waals surface area contributed by atoms with Gasteiger partial charge in [-0.3, -0.25) is 9.35 Å². The molecule has 0 unspecified atom stereocenters. The summed E-state index contributed by atoms with van der Waals surface area (Å²) < 4.78 is 46.3. The van der Waals surface area contributed by atoms with E-state index in [-0.39, 0.29) is 32.6 Å². The van der Waals surface area contributed by atoms with Crippen molar-refractivity contribution in [1.29, 1.82) is 0 Å². The van der Waals surface area contributed by atoms with Crippen molar-refractivity contribution in [2.24, 2.45) is 0 Å². The minimum Gasteiger partial charge on any atom is -0.423 e. The molecule has 0 aliphatic carbocycles. The van der Waals surface area contributed by atoms with E-state index in [1.807, 2.05) is 0 Å². The third kappa shape index (κ3) is 5.59. The molecule has 1 heterocycles. The van der Waals surface area contributed by atoms with E-state index in [9.17, 15) is 18.0 Å². The number of esters is 1. The monoisotopic (exact) mass is 537 g/mol. The Kier molecular flexibility index (Phi) is 7.55. The van der Waals surface area contributed by atoms with Crippen LogP contribution >= 0.6 is 35.2 Å². The molecule has 0 amide bonds. The number of carbonyl (C=O) groups is 1. The van der Waals surface area contributed by atoms with Crippen molar-refractivity contribution in [3.8, 4) is 5.75 Å². The molecule has 0 aliphatic rings. The summed E-state index contributed by atoms with van der Waals surface area (Å²) in [5.74, 6) is -1.30. The van der Waals surface area contributed by atoms with E-state index in [1.54, 1.807) is 6.92 Å². The Morgan fingerprint density at radius 2 is 1.85 bits per heavy atom. The normalized spacial score (nSPS) is 11.7. The minimum atomic E-state index is -4.59. The molecule has 0 radical (unpaired) electrons. The number of halogens is 2. The number of nitrogen functional groups attached to an aromatic ring is 1. The number of hydrogen-bond acceptors (Lipinski definition) is 11. The second-order valence-corrected chi connectivity index (χ2v) is 9.43. The van der Waals surface area contributed by atoms with Gasteiger partial charge in [-0.1, -0.05) is 28.2 Å². The molecule has 11 nitrogen and oxygen atoms in total. The lowest BCUT2D eigenvalue weighted by atomic mass is 10.0. The van der Waals surface area contributed by atoms with E-state index in [0.717, 1.165) is 12.1 Å². The SMILES string of the molecule is Cc1c(CC(=O)Oc2c(Cl)cc(S(=O)(=O)O)cc2Cl)c(=O)oc2cc(N)c(SOOO)cc12. The topological polar surface area (TPSA) is 176 Å². The second-order valence-electron chi connectivity index (χ2n) is 6.45. The average molecular weight is 538 g/mol. The van der Waals surface area contributed by atoms with Gasteiger partial charge in [0.25, 0.3) is 10.1 Å².